The van der Waals surface area contributed by atoms with Crippen LogP contribution in [0.4, 0.5) is 5.82 Å². The summed E-state index contributed by atoms with van der Waals surface area (Å²) in [5.41, 5.74) is 0.989. The second-order valence-electron chi connectivity index (χ2n) is 4.07. The molecule has 1 atom stereocenters. The Morgan fingerprint density at radius 1 is 1.41 bits per heavy atom. The molecule has 4 heteroatoms. The highest BCUT2D eigenvalue weighted by Crippen LogP contribution is 2.22. The van der Waals surface area contributed by atoms with E-state index in [1.54, 1.807) is 6.20 Å². The van der Waals surface area contributed by atoms with Gasteiger partial charge in [-0.3, -0.25) is 4.98 Å². The van der Waals surface area contributed by atoms with Crippen molar-refractivity contribution in [1.29, 1.82) is 0 Å². The molecule has 4 nitrogen and oxygen atoms in total. The largest absolute Gasteiger partial charge is 0.351 e. The van der Waals surface area contributed by atoms with Crippen molar-refractivity contribution < 1.29 is 0 Å². The Hall–Kier alpha value is -1.16. The second kappa shape index (κ2) is 7.22. The molecule has 1 saturated heterocycles. The molecule has 1 aliphatic heterocycles. The van der Waals surface area contributed by atoms with Crippen molar-refractivity contribution in [3.8, 4) is 0 Å². The molecule has 96 valence electrons. The molecule has 1 unspecified atom stereocenters. The van der Waals surface area contributed by atoms with E-state index in [2.05, 4.69) is 20.2 Å². The highest BCUT2D eigenvalue weighted by atomic mass is 15.2. The molecular formula is C13H24N4. The summed E-state index contributed by atoms with van der Waals surface area (Å²) >= 11 is 0. The molecule has 2 rings (SSSR count). The zero-order chi connectivity index (χ0) is 12.7. The smallest absolute Gasteiger partial charge is 0.147 e. The zero-order valence-electron chi connectivity index (χ0n) is 11.4. The van der Waals surface area contributed by atoms with Gasteiger partial charge in [0, 0.05) is 25.3 Å². The van der Waals surface area contributed by atoms with Gasteiger partial charge in [-0.1, -0.05) is 13.8 Å². The summed E-state index contributed by atoms with van der Waals surface area (Å²) < 4.78 is 0. The number of anilines is 1. The third-order valence-corrected chi connectivity index (χ3v) is 2.85. The van der Waals surface area contributed by atoms with Crippen LogP contribution < -0.4 is 10.2 Å². The van der Waals surface area contributed by atoms with Crippen LogP contribution in [0.3, 0.4) is 0 Å². The lowest BCUT2D eigenvalue weighted by molar-refractivity contribution is 0.610. The van der Waals surface area contributed by atoms with E-state index in [9.17, 15) is 0 Å². The monoisotopic (exact) mass is 236 g/mol. The van der Waals surface area contributed by atoms with Gasteiger partial charge in [0.2, 0.25) is 0 Å². The van der Waals surface area contributed by atoms with Crippen LogP contribution in [-0.4, -0.2) is 36.1 Å². The first-order chi connectivity index (χ1) is 8.31. The Kier molecular flexibility index (Phi) is 5.91. The number of hydrogen-bond donors (Lipinski definition) is 1. The number of hydrogen-bond acceptors (Lipinski definition) is 4. The Labute approximate surface area is 104 Å². The number of aryl methyl sites for hydroxylation is 1. The number of rotatable bonds is 3. The maximum absolute atomic E-state index is 4.52. The van der Waals surface area contributed by atoms with Gasteiger partial charge < -0.3 is 10.2 Å². The number of nitrogens with one attached hydrogen (secondary N) is 1. The van der Waals surface area contributed by atoms with Crippen LogP contribution in [0.25, 0.3) is 0 Å². The van der Waals surface area contributed by atoms with Gasteiger partial charge in [0.05, 0.1) is 11.9 Å². The molecule has 0 amide bonds. The molecule has 1 aromatic heterocycles. The van der Waals surface area contributed by atoms with Crippen molar-refractivity contribution in [2.75, 3.05) is 25.0 Å². The van der Waals surface area contributed by atoms with E-state index in [4.69, 9.17) is 0 Å². The van der Waals surface area contributed by atoms with Crippen molar-refractivity contribution in [2.45, 2.75) is 39.7 Å². The molecule has 1 N–H and O–H groups in total. The molecule has 0 spiro atoms. The van der Waals surface area contributed by atoms with Gasteiger partial charge in [0.15, 0.2) is 0 Å². The van der Waals surface area contributed by atoms with Gasteiger partial charge >= 0.3 is 0 Å². The highest BCUT2D eigenvalue weighted by Gasteiger charge is 2.24. The molecule has 0 bridgehead atoms. The fourth-order valence-electron chi connectivity index (χ4n) is 2.17. The Morgan fingerprint density at radius 2 is 2.18 bits per heavy atom. The van der Waals surface area contributed by atoms with Crippen LogP contribution in [-0.2, 0) is 0 Å². The zero-order valence-corrected chi connectivity index (χ0v) is 11.4. The van der Waals surface area contributed by atoms with Crippen LogP contribution in [0.1, 0.15) is 32.4 Å². The Morgan fingerprint density at radius 3 is 2.82 bits per heavy atom. The van der Waals surface area contributed by atoms with E-state index >= 15 is 0 Å². The second-order valence-corrected chi connectivity index (χ2v) is 4.07. The fraction of sp³-hybridized carbons (Fsp3) is 0.692. The standard InChI is InChI=1S/C11H18N4.C2H6/c1-9-6-13-8-11(14-9)15-5-3-4-10(15)7-12-2;1-2/h6,8,10,12H,3-5,7H2,1-2H3;1-2H3. The first kappa shape index (κ1) is 13.9. The third kappa shape index (κ3) is 3.66. The maximum atomic E-state index is 4.52. The summed E-state index contributed by atoms with van der Waals surface area (Å²) in [7, 11) is 2.00. The van der Waals surface area contributed by atoms with Crippen LogP contribution in [0.15, 0.2) is 12.4 Å². The molecule has 0 aliphatic carbocycles. The Bertz CT molecular complexity index is 327. The highest BCUT2D eigenvalue weighted by molar-refractivity contribution is 5.39. The van der Waals surface area contributed by atoms with Gasteiger partial charge in [-0.25, -0.2) is 4.98 Å². The van der Waals surface area contributed by atoms with E-state index in [-0.39, 0.29) is 0 Å². The molecule has 2 heterocycles. The summed E-state index contributed by atoms with van der Waals surface area (Å²) in [6, 6.07) is 0.575. The van der Waals surface area contributed by atoms with E-state index < -0.39 is 0 Å². The molecule has 1 aliphatic rings. The normalized spacial score (nSPS) is 18.8. The van der Waals surface area contributed by atoms with E-state index in [1.165, 1.54) is 12.8 Å². The average molecular weight is 236 g/mol. The summed E-state index contributed by atoms with van der Waals surface area (Å²) in [6.45, 7) is 8.11. The predicted octanol–water partition coefficient (Wildman–Crippen LogP) is 2.00. The van der Waals surface area contributed by atoms with Crippen molar-refractivity contribution in [3.05, 3.63) is 18.1 Å². The molecular weight excluding hydrogens is 212 g/mol. The lowest BCUT2D eigenvalue weighted by Crippen LogP contribution is -2.37. The van der Waals surface area contributed by atoms with E-state index in [0.29, 0.717) is 6.04 Å². The summed E-state index contributed by atoms with van der Waals surface area (Å²) in [6.07, 6.45) is 6.16. The predicted molar refractivity (Wildman–Crippen MR) is 72.4 cm³/mol. The van der Waals surface area contributed by atoms with Crippen molar-refractivity contribution in [3.63, 3.8) is 0 Å². The molecule has 0 aromatic carbocycles. The molecule has 0 saturated carbocycles. The minimum absolute atomic E-state index is 0.575. The van der Waals surface area contributed by atoms with Crippen LogP contribution in [0.5, 0.6) is 0 Å². The first-order valence-electron chi connectivity index (χ1n) is 6.51. The third-order valence-electron chi connectivity index (χ3n) is 2.85. The molecule has 1 aromatic rings. The molecule has 17 heavy (non-hydrogen) atoms. The fourth-order valence-corrected chi connectivity index (χ4v) is 2.17. The lowest BCUT2D eigenvalue weighted by Gasteiger charge is -2.25. The number of nitrogens with zero attached hydrogens (tertiary/aromatic N) is 3. The minimum atomic E-state index is 0.575. The lowest BCUT2D eigenvalue weighted by atomic mass is 10.2. The molecule has 1 fully saturated rings. The van der Waals surface area contributed by atoms with E-state index in [1.807, 2.05) is 34.0 Å². The van der Waals surface area contributed by atoms with Crippen molar-refractivity contribution in [1.82, 2.24) is 15.3 Å². The number of likely N-dealkylation sites (N-methyl/N-ethyl adjacent to an activating group) is 1. The van der Waals surface area contributed by atoms with Crippen molar-refractivity contribution >= 4 is 5.82 Å². The van der Waals surface area contributed by atoms with Crippen LogP contribution in [0.2, 0.25) is 0 Å². The topological polar surface area (TPSA) is 41.0 Å². The van der Waals surface area contributed by atoms with Crippen LogP contribution in [0, 0.1) is 6.92 Å². The van der Waals surface area contributed by atoms with Crippen molar-refractivity contribution in [2.24, 2.45) is 0 Å². The summed E-state index contributed by atoms with van der Waals surface area (Å²) in [5, 5.41) is 3.23. The van der Waals surface area contributed by atoms with Gasteiger partial charge in [-0.15, -0.1) is 0 Å². The maximum Gasteiger partial charge on any atom is 0.147 e. The van der Waals surface area contributed by atoms with E-state index in [0.717, 1.165) is 24.6 Å². The summed E-state index contributed by atoms with van der Waals surface area (Å²) in [4.78, 5) is 11.1. The quantitative estimate of drug-likeness (QED) is 0.871. The minimum Gasteiger partial charge on any atom is -0.351 e. The van der Waals surface area contributed by atoms with Gasteiger partial charge in [0.25, 0.3) is 0 Å². The first-order valence-corrected chi connectivity index (χ1v) is 6.51. The van der Waals surface area contributed by atoms with Gasteiger partial charge in [-0.05, 0) is 26.8 Å². The number of aromatic nitrogens is 2. The van der Waals surface area contributed by atoms with Gasteiger partial charge in [-0.2, -0.15) is 0 Å². The average Bonchev–Trinajstić information content (AvgIpc) is 2.80. The summed E-state index contributed by atoms with van der Waals surface area (Å²) in [5.74, 6) is 1.02. The Balaban J connectivity index is 0.000000686. The van der Waals surface area contributed by atoms with Gasteiger partial charge in [0.1, 0.15) is 5.82 Å². The molecule has 0 radical (unpaired) electrons. The van der Waals surface area contributed by atoms with Crippen LogP contribution >= 0.6 is 0 Å². The SMILES string of the molecule is CC.CNCC1CCCN1c1cncc(C)n1.